The number of hydrogen-bond donors (Lipinski definition) is 0. The van der Waals surface area contributed by atoms with Crippen molar-refractivity contribution in [3.63, 3.8) is 0 Å². The number of amides is 2. The van der Waals surface area contributed by atoms with Crippen molar-refractivity contribution in [3.8, 4) is 0 Å². The maximum atomic E-state index is 12.1. The minimum atomic E-state index is -3.73. The summed E-state index contributed by atoms with van der Waals surface area (Å²) < 4.78 is 37.7. The minimum Gasteiger partial charge on any atom is -0.444 e. The molecule has 2 heterocycles. The van der Waals surface area contributed by atoms with Gasteiger partial charge in [0.1, 0.15) is 5.60 Å². The molecule has 2 rings (SSSR count). The topological polar surface area (TPSA) is 102 Å². The van der Waals surface area contributed by atoms with Crippen molar-refractivity contribution in [1.29, 1.82) is 0 Å². The molecule has 0 aromatic carbocycles. The normalized spacial score (nSPS) is 25.9. The maximum absolute atomic E-state index is 12.1. The summed E-state index contributed by atoms with van der Waals surface area (Å²) in [6, 6.07) is -0.672. The predicted molar refractivity (Wildman–Crippen MR) is 88.3 cm³/mol. The highest BCUT2D eigenvalue weighted by Crippen LogP contribution is 2.29. The number of hydrogen-bond acceptors (Lipinski definition) is 7. The third kappa shape index (κ3) is 5.21. The molecule has 0 saturated carbocycles. The summed E-state index contributed by atoms with van der Waals surface area (Å²) in [5.41, 5.74) is -0.558. The van der Waals surface area contributed by atoms with Crippen LogP contribution >= 0.6 is 0 Å². The molecule has 2 unspecified atom stereocenters. The average molecular weight is 378 g/mol. The molecular weight excluding hydrogens is 352 g/mol. The van der Waals surface area contributed by atoms with Gasteiger partial charge in [-0.3, -0.25) is 4.90 Å². The van der Waals surface area contributed by atoms with E-state index in [9.17, 15) is 18.0 Å². The van der Waals surface area contributed by atoms with Crippen LogP contribution in [0.5, 0.6) is 0 Å². The fraction of sp³-hybridized carbons (Fsp3) is 0.867. The predicted octanol–water partition coefficient (Wildman–Crippen LogP) is 1.53. The van der Waals surface area contributed by atoms with Gasteiger partial charge in [-0.05, 0) is 40.5 Å². The lowest BCUT2D eigenvalue weighted by Crippen LogP contribution is -2.50. The van der Waals surface area contributed by atoms with Gasteiger partial charge < -0.3 is 14.4 Å². The molecule has 2 fully saturated rings. The summed E-state index contributed by atoms with van der Waals surface area (Å²) in [4.78, 5) is 27.3. The van der Waals surface area contributed by atoms with Gasteiger partial charge in [-0.1, -0.05) is 0 Å². The van der Waals surface area contributed by atoms with Crippen molar-refractivity contribution in [2.75, 3.05) is 19.3 Å². The van der Waals surface area contributed by atoms with Gasteiger partial charge in [-0.15, -0.1) is 0 Å². The Morgan fingerprint density at radius 3 is 2.28 bits per heavy atom. The van der Waals surface area contributed by atoms with E-state index in [0.717, 1.165) is 6.26 Å². The molecule has 25 heavy (non-hydrogen) atoms. The first-order valence-electron chi connectivity index (χ1n) is 8.22. The monoisotopic (exact) mass is 378 g/mol. The quantitative estimate of drug-likeness (QED) is 0.686. The van der Waals surface area contributed by atoms with E-state index in [1.54, 1.807) is 11.8 Å². The van der Waals surface area contributed by atoms with Crippen molar-refractivity contribution in [2.24, 2.45) is 0 Å². The van der Waals surface area contributed by atoms with Crippen molar-refractivity contribution in [1.82, 2.24) is 9.80 Å². The van der Waals surface area contributed by atoms with Crippen LogP contribution in [0.4, 0.5) is 9.59 Å². The third-order valence-electron chi connectivity index (χ3n) is 4.04. The van der Waals surface area contributed by atoms with Crippen molar-refractivity contribution in [3.05, 3.63) is 0 Å². The Morgan fingerprint density at radius 1 is 1.24 bits per heavy atom. The molecule has 0 radical (unpaired) electrons. The molecule has 2 amide bonds. The Hall–Kier alpha value is -1.55. The molecule has 9 nitrogen and oxygen atoms in total. The Balaban J connectivity index is 1.94. The van der Waals surface area contributed by atoms with Crippen LogP contribution in [0.3, 0.4) is 0 Å². The molecule has 0 aromatic heterocycles. The molecule has 10 heteroatoms. The van der Waals surface area contributed by atoms with E-state index in [-0.39, 0.29) is 12.1 Å². The number of nitrogens with zero attached hydrogens (tertiary/aromatic N) is 2. The molecular formula is C15H26N2O7S. The number of cyclic esters (lactones) is 1. The van der Waals surface area contributed by atoms with E-state index >= 15 is 0 Å². The summed E-state index contributed by atoms with van der Waals surface area (Å²) in [5, 5.41) is 0. The summed E-state index contributed by atoms with van der Waals surface area (Å²) in [6.45, 7) is 8.01. The van der Waals surface area contributed by atoms with E-state index in [1.807, 2.05) is 20.8 Å². The Kier molecular flexibility index (Phi) is 5.53. The van der Waals surface area contributed by atoms with Gasteiger partial charge in [-0.2, -0.15) is 8.42 Å². The van der Waals surface area contributed by atoms with Gasteiger partial charge in [-0.25, -0.2) is 13.8 Å². The minimum absolute atomic E-state index is 0.144. The average Bonchev–Trinajstić information content (AvgIpc) is 2.70. The lowest BCUT2D eigenvalue weighted by atomic mass is 10.0. The summed E-state index contributed by atoms with van der Waals surface area (Å²) in [6.07, 6.45) is -0.0890. The zero-order valence-corrected chi connectivity index (χ0v) is 16.0. The Morgan fingerprint density at radius 2 is 1.80 bits per heavy atom. The Bertz CT molecular complexity index is 620. The Labute approximate surface area is 148 Å². The first-order chi connectivity index (χ1) is 11.4. The number of carbonyl (C=O) groups is 2. The largest absolute Gasteiger partial charge is 0.444 e. The molecule has 0 aromatic rings. The van der Waals surface area contributed by atoms with Crippen LogP contribution in [0.2, 0.25) is 0 Å². The lowest BCUT2D eigenvalue weighted by Gasteiger charge is -2.37. The van der Waals surface area contributed by atoms with Crippen LogP contribution in [0.25, 0.3) is 0 Å². The van der Waals surface area contributed by atoms with Gasteiger partial charge in [0.15, 0.2) is 0 Å². The van der Waals surface area contributed by atoms with Crippen LogP contribution in [-0.2, 0) is 23.8 Å². The van der Waals surface area contributed by atoms with Crippen LogP contribution in [0, 0.1) is 0 Å². The molecule has 2 aliphatic heterocycles. The van der Waals surface area contributed by atoms with Crippen LogP contribution in [0.15, 0.2) is 0 Å². The fourth-order valence-corrected chi connectivity index (χ4v) is 3.51. The van der Waals surface area contributed by atoms with Gasteiger partial charge in [0.05, 0.1) is 12.3 Å². The van der Waals surface area contributed by atoms with Gasteiger partial charge in [0.2, 0.25) is 6.29 Å². The highest BCUT2D eigenvalue weighted by molar-refractivity contribution is 7.86. The highest BCUT2D eigenvalue weighted by Gasteiger charge is 2.45. The van der Waals surface area contributed by atoms with Crippen molar-refractivity contribution >= 4 is 22.3 Å². The zero-order valence-electron chi connectivity index (χ0n) is 15.2. The second-order valence-corrected chi connectivity index (χ2v) is 9.00. The SMILES string of the molecule is CC1C(OS(C)(=O)=O)OC(=O)N1C1CCN(C(=O)OC(C)(C)C)CC1. The van der Waals surface area contributed by atoms with Crippen molar-refractivity contribution < 1.29 is 31.7 Å². The molecule has 0 bridgehead atoms. The van der Waals surface area contributed by atoms with Gasteiger partial charge in [0, 0.05) is 19.1 Å². The van der Waals surface area contributed by atoms with Gasteiger partial charge >= 0.3 is 12.2 Å². The molecule has 2 atom stereocenters. The van der Waals surface area contributed by atoms with E-state index < -0.39 is 34.1 Å². The lowest BCUT2D eigenvalue weighted by molar-refractivity contribution is -0.0102. The number of piperidine rings is 1. The zero-order chi connectivity index (χ0) is 19.0. The molecule has 2 aliphatic rings. The first-order valence-corrected chi connectivity index (χ1v) is 10.0. The van der Waals surface area contributed by atoms with Crippen LogP contribution < -0.4 is 0 Å². The maximum Gasteiger partial charge on any atom is 0.412 e. The molecule has 0 spiro atoms. The molecule has 0 N–H and O–H groups in total. The molecule has 0 aliphatic carbocycles. The smallest absolute Gasteiger partial charge is 0.412 e. The molecule has 2 saturated heterocycles. The highest BCUT2D eigenvalue weighted by atomic mass is 32.2. The van der Waals surface area contributed by atoms with Gasteiger partial charge in [0.25, 0.3) is 10.1 Å². The summed E-state index contributed by atoms with van der Waals surface area (Å²) >= 11 is 0. The third-order valence-corrected chi connectivity index (χ3v) is 4.58. The van der Waals surface area contributed by atoms with E-state index in [4.69, 9.17) is 13.7 Å². The second kappa shape index (κ2) is 6.99. The van der Waals surface area contributed by atoms with E-state index in [1.165, 1.54) is 4.90 Å². The van der Waals surface area contributed by atoms with Crippen molar-refractivity contribution in [2.45, 2.75) is 64.5 Å². The fourth-order valence-electron chi connectivity index (χ4n) is 2.96. The first kappa shape index (κ1) is 19.8. The summed E-state index contributed by atoms with van der Waals surface area (Å²) in [7, 11) is -3.73. The van der Waals surface area contributed by atoms with Crippen LogP contribution in [0.1, 0.15) is 40.5 Å². The van der Waals surface area contributed by atoms with Crippen LogP contribution in [-0.4, -0.2) is 73.7 Å². The van der Waals surface area contributed by atoms with E-state index in [2.05, 4.69) is 0 Å². The standard InChI is InChI=1S/C15H26N2O7S/c1-10-12(24-25(5,20)21)22-14(19)17(10)11-6-8-16(9-7-11)13(18)23-15(2,3)4/h10-12H,6-9H2,1-5H3. The number of rotatable bonds is 3. The number of ether oxygens (including phenoxy) is 2. The second-order valence-electron chi connectivity index (χ2n) is 7.40. The summed E-state index contributed by atoms with van der Waals surface area (Å²) in [5.74, 6) is 0. The number of carbonyl (C=O) groups excluding carboxylic acids is 2. The van der Waals surface area contributed by atoms with E-state index in [0.29, 0.717) is 25.9 Å². The number of likely N-dealkylation sites (tertiary alicyclic amines) is 1. The molecule has 144 valence electrons.